The molecule has 0 atom stereocenters. The Bertz CT molecular complexity index is 346. The lowest BCUT2D eigenvalue weighted by Crippen LogP contribution is -1.67. The molecule has 0 nitrogen and oxygen atoms in total. The zero-order chi connectivity index (χ0) is 6.97. The van der Waals surface area contributed by atoms with Gasteiger partial charge in [0.2, 0.25) is 0 Å². The monoisotopic (exact) mass is 164 g/mol. The van der Waals surface area contributed by atoms with Crippen LogP contribution in [-0.2, 0) is 0 Å². The van der Waals surface area contributed by atoms with E-state index in [4.69, 9.17) is 0 Å². The van der Waals surface area contributed by atoms with Crippen LogP contribution in [-0.4, -0.2) is 0 Å². The molecule has 0 unspecified atom stereocenters. The van der Waals surface area contributed by atoms with Crippen molar-refractivity contribution in [2.24, 2.45) is 0 Å². The van der Waals surface area contributed by atoms with Crippen LogP contribution in [0.2, 0.25) is 0 Å². The average molecular weight is 164 g/mol. The summed E-state index contributed by atoms with van der Waals surface area (Å²) in [4.78, 5) is 0. The van der Waals surface area contributed by atoms with Gasteiger partial charge in [0.1, 0.15) is 0 Å². The van der Waals surface area contributed by atoms with E-state index in [-0.39, 0.29) is 7.43 Å². The van der Waals surface area contributed by atoms with Crippen LogP contribution >= 0.6 is 11.3 Å². The Balaban J connectivity index is 0.000000605. The Kier molecular flexibility index (Phi) is 2.30. The van der Waals surface area contributed by atoms with Gasteiger partial charge in [-0.2, -0.15) is 0 Å². The molecule has 0 amide bonds. The maximum absolute atomic E-state index is 2.21. The van der Waals surface area contributed by atoms with Crippen LogP contribution in [0.5, 0.6) is 0 Å². The van der Waals surface area contributed by atoms with Crippen molar-refractivity contribution >= 4 is 21.4 Å². The van der Waals surface area contributed by atoms with E-state index >= 15 is 0 Å². The number of hydrogen-bond donors (Lipinski definition) is 0. The van der Waals surface area contributed by atoms with Gasteiger partial charge in [-0.05, 0) is 29.8 Å². The van der Waals surface area contributed by atoms with E-state index in [9.17, 15) is 0 Å². The molecule has 0 saturated carbocycles. The van der Waals surface area contributed by atoms with Crippen molar-refractivity contribution < 1.29 is 0 Å². The number of hydrogen-bond acceptors (Lipinski definition) is 1. The van der Waals surface area contributed by atoms with Gasteiger partial charge in [0.05, 0.1) is 0 Å². The molecule has 0 radical (unpaired) electrons. The van der Waals surface area contributed by atoms with Crippen LogP contribution < -0.4 is 0 Å². The summed E-state index contributed by atoms with van der Waals surface area (Å²) in [6.07, 6.45) is 0. The third-order valence-electron chi connectivity index (χ3n) is 1.61. The normalized spacial score (nSPS) is 9.55. The fraction of sp³-hybridized carbons (Fsp3) is 0.200. The summed E-state index contributed by atoms with van der Waals surface area (Å²) in [5.74, 6) is 0. The van der Waals surface area contributed by atoms with Crippen molar-refractivity contribution in [3.05, 3.63) is 35.2 Å². The quantitative estimate of drug-likeness (QED) is 0.555. The summed E-state index contributed by atoms with van der Waals surface area (Å²) in [7, 11) is 0. The molecule has 0 aliphatic rings. The minimum atomic E-state index is 0. The topological polar surface area (TPSA) is 0 Å². The molecule has 58 valence electrons. The molecule has 0 aliphatic heterocycles. The van der Waals surface area contributed by atoms with Crippen molar-refractivity contribution in [1.82, 2.24) is 0 Å². The van der Waals surface area contributed by atoms with Crippen molar-refractivity contribution in [1.29, 1.82) is 0 Å². The fourth-order valence-corrected chi connectivity index (χ4v) is 1.86. The highest BCUT2D eigenvalue weighted by molar-refractivity contribution is 7.17. The molecule has 11 heavy (non-hydrogen) atoms. The molecule has 0 fully saturated rings. The van der Waals surface area contributed by atoms with Crippen LogP contribution in [0.15, 0.2) is 29.6 Å². The zero-order valence-corrected chi connectivity index (χ0v) is 6.61. The summed E-state index contributed by atoms with van der Waals surface area (Å²) in [6, 6.07) is 8.70. The minimum absolute atomic E-state index is 0. The highest BCUT2D eigenvalue weighted by Gasteiger charge is 1.91. The average Bonchev–Trinajstić information content (AvgIpc) is 2.33. The maximum atomic E-state index is 2.21. The molecule has 2 aromatic rings. The molecule has 1 aromatic heterocycles. The first-order valence-electron chi connectivity index (χ1n) is 3.30. The molecule has 0 aliphatic carbocycles. The summed E-state index contributed by atoms with van der Waals surface area (Å²) >= 11 is 1.80. The molecule has 1 heterocycles. The Morgan fingerprint density at radius 1 is 1.18 bits per heavy atom. The lowest BCUT2D eigenvalue weighted by atomic mass is 10.2. The minimum Gasteiger partial charge on any atom is -0.144 e. The van der Waals surface area contributed by atoms with Gasteiger partial charge in [0, 0.05) is 4.70 Å². The summed E-state index contributed by atoms with van der Waals surface area (Å²) < 4.78 is 1.38. The first-order valence-corrected chi connectivity index (χ1v) is 4.18. The van der Waals surface area contributed by atoms with E-state index in [0.29, 0.717) is 0 Å². The van der Waals surface area contributed by atoms with Gasteiger partial charge in [0.15, 0.2) is 0 Å². The Hall–Kier alpha value is -0.820. The molecule has 0 N–H and O–H groups in total. The number of rotatable bonds is 0. The summed E-state index contributed by atoms with van der Waals surface area (Å²) in [6.45, 7) is 2.12. The Labute approximate surface area is 71.5 Å². The van der Waals surface area contributed by atoms with Crippen LogP contribution in [0.4, 0.5) is 0 Å². The molecule has 1 heteroatoms. The van der Waals surface area contributed by atoms with Gasteiger partial charge >= 0.3 is 0 Å². The van der Waals surface area contributed by atoms with Crippen molar-refractivity contribution in [3.8, 4) is 0 Å². The van der Waals surface area contributed by atoms with Crippen LogP contribution in [0, 0.1) is 6.92 Å². The summed E-state index contributed by atoms with van der Waals surface area (Å²) in [5, 5.41) is 3.49. The van der Waals surface area contributed by atoms with E-state index in [2.05, 4.69) is 36.6 Å². The number of aryl methyl sites for hydroxylation is 1. The Morgan fingerprint density at radius 2 is 2.00 bits per heavy atom. The van der Waals surface area contributed by atoms with Crippen LogP contribution in [0.3, 0.4) is 0 Å². The third-order valence-corrected chi connectivity index (χ3v) is 2.51. The number of thiophene rings is 1. The highest BCUT2D eigenvalue weighted by atomic mass is 32.1. The smallest absolute Gasteiger partial charge is 0.0342 e. The van der Waals surface area contributed by atoms with E-state index in [1.165, 1.54) is 15.6 Å². The van der Waals surface area contributed by atoms with Gasteiger partial charge in [-0.25, -0.2) is 0 Å². The standard InChI is InChI=1S/C9H8S.CH4/c1-7-2-3-9-8(6-7)4-5-10-9;/h2-6H,1H3;1H4. The van der Waals surface area contributed by atoms with Gasteiger partial charge in [-0.15, -0.1) is 11.3 Å². The second-order valence-corrected chi connectivity index (χ2v) is 3.41. The van der Waals surface area contributed by atoms with E-state index < -0.39 is 0 Å². The number of benzene rings is 1. The Morgan fingerprint density at radius 3 is 2.82 bits per heavy atom. The summed E-state index contributed by atoms with van der Waals surface area (Å²) in [5.41, 5.74) is 1.34. The van der Waals surface area contributed by atoms with Crippen LogP contribution in [0.1, 0.15) is 13.0 Å². The second-order valence-electron chi connectivity index (χ2n) is 2.46. The van der Waals surface area contributed by atoms with Crippen LogP contribution in [0.25, 0.3) is 10.1 Å². The lowest BCUT2D eigenvalue weighted by Gasteiger charge is -1.89. The molecule has 2 rings (SSSR count). The van der Waals surface area contributed by atoms with Crippen molar-refractivity contribution in [3.63, 3.8) is 0 Å². The molecule has 0 spiro atoms. The second kappa shape index (κ2) is 3.05. The zero-order valence-electron chi connectivity index (χ0n) is 5.79. The van der Waals surface area contributed by atoms with Crippen molar-refractivity contribution in [2.75, 3.05) is 0 Å². The molecule has 1 aromatic carbocycles. The molecule has 0 saturated heterocycles. The maximum Gasteiger partial charge on any atom is 0.0342 e. The predicted octanol–water partition coefficient (Wildman–Crippen LogP) is 3.85. The molecular weight excluding hydrogens is 152 g/mol. The molecule has 0 bridgehead atoms. The predicted molar refractivity (Wildman–Crippen MR) is 53.3 cm³/mol. The first kappa shape index (κ1) is 8.28. The van der Waals surface area contributed by atoms with Gasteiger partial charge in [-0.1, -0.05) is 25.1 Å². The van der Waals surface area contributed by atoms with Gasteiger partial charge in [-0.3, -0.25) is 0 Å². The SMILES string of the molecule is C.Cc1ccc2sccc2c1. The van der Waals surface area contributed by atoms with Gasteiger partial charge < -0.3 is 0 Å². The third kappa shape index (κ3) is 1.43. The van der Waals surface area contributed by atoms with E-state index in [0.717, 1.165) is 0 Å². The lowest BCUT2D eigenvalue weighted by molar-refractivity contribution is 1.52. The molecular formula is C10H12S. The van der Waals surface area contributed by atoms with Crippen molar-refractivity contribution in [2.45, 2.75) is 14.4 Å². The van der Waals surface area contributed by atoms with E-state index in [1.807, 2.05) is 0 Å². The number of fused-ring (bicyclic) bond motifs is 1. The van der Waals surface area contributed by atoms with E-state index in [1.54, 1.807) is 11.3 Å². The first-order chi connectivity index (χ1) is 4.86. The largest absolute Gasteiger partial charge is 0.144 e. The van der Waals surface area contributed by atoms with Gasteiger partial charge in [0.25, 0.3) is 0 Å². The fourth-order valence-electron chi connectivity index (χ4n) is 1.09. The highest BCUT2D eigenvalue weighted by Crippen LogP contribution is 2.20.